The predicted molar refractivity (Wildman–Crippen MR) is 150 cm³/mol. The first kappa shape index (κ1) is 25.8. The van der Waals surface area contributed by atoms with Gasteiger partial charge in [-0.05, 0) is 78.4 Å². The van der Waals surface area contributed by atoms with Crippen molar-refractivity contribution >= 4 is 52.2 Å². The van der Waals surface area contributed by atoms with Crippen LogP contribution in [0.5, 0.6) is 0 Å². The van der Waals surface area contributed by atoms with E-state index in [1.54, 1.807) is 25.1 Å². The van der Waals surface area contributed by atoms with Gasteiger partial charge in [0.15, 0.2) is 11.0 Å². The van der Waals surface area contributed by atoms with Crippen LogP contribution in [0.1, 0.15) is 23.9 Å². The molecule has 0 saturated carbocycles. The number of hydrogen-bond donors (Lipinski definition) is 2. The molecule has 0 radical (unpaired) electrons. The fraction of sp³-hybridized carbons (Fsp3) is 0.154. The van der Waals surface area contributed by atoms with E-state index in [2.05, 4.69) is 61.6 Å². The van der Waals surface area contributed by atoms with Crippen LogP contribution in [0, 0.1) is 16.3 Å². The van der Waals surface area contributed by atoms with Crippen molar-refractivity contribution in [1.82, 2.24) is 20.2 Å². The van der Waals surface area contributed by atoms with E-state index >= 15 is 0 Å². The molecule has 1 atom stereocenters. The molecule has 1 amide bonds. The van der Waals surface area contributed by atoms with E-state index in [4.69, 9.17) is 0 Å². The van der Waals surface area contributed by atoms with Crippen LogP contribution in [0.2, 0.25) is 0 Å². The summed E-state index contributed by atoms with van der Waals surface area (Å²) in [6, 6.07) is 22.2. The molecule has 0 fully saturated rings. The Balaban J connectivity index is 1.49. The van der Waals surface area contributed by atoms with Crippen LogP contribution in [0.4, 0.5) is 10.1 Å². The molecule has 0 aliphatic carbocycles. The summed E-state index contributed by atoms with van der Waals surface area (Å²) >= 11 is 3.56. The van der Waals surface area contributed by atoms with E-state index in [1.165, 1.54) is 27.6 Å². The van der Waals surface area contributed by atoms with E-state index in [-0.39, 0.29) is 5.91 Å². The Morgan fingerprint density at radius 2 is 1.89 bits per heavy atom. The number of hydrazone groups is 1. The maximum absolute atomic E-state index is 13.7. The molecule has 0 bridgehead atoms. The summed E-state index contributed by atoms with van der Waals surface area (Å²) in [6.45, 7) is 4.27. The Labute approximate surface area is 226 Å². The number of carbonyl (C=O) groups excluding carboxylic acids is 1. The zero-order chi connectivity index (χ0) is 25.5. The van der Waals surface area contributed by atoms with Crippen molar-refractivity contribution < 1.29 is 9.18 Å². The number of hydrogen-bond acceptors (Lipinski definition) is 6. The van der Waals surface area contributed by atoms with Crippen molar-refractivity contribution in [1.29, 1.82) is 0 Å². The molecule has 36 heavy (non-hydrogen) atoms. The smallest absolute Gasteiger partial charge is 0.253 e. The Morgan fingerprint density at radius 1 is 1.14 bits per heavy atom. The van der Waals surface area contributed by atoms with Crippen molar-refractivity contribution in [2.75, 3.05) is 5.32 Å². The zero-order valence-corrected chi connectivity index (χ0v) is 22.6. The van der Waals surface area contributed by atoms with E-state index in [1.807, 2.05) is 47.0 Å². The van der Waals surface area contributed by atoms with Gasteiger partial charge in [0, 0.05) is 20.5 Å². The topological polar surface area (TPSA) is 84.2 Å². The average Bonchev–Trinajstić information content (AvgIpc) is 3.27. The molecule has 0 aliphatic rings. The number of aromatic nitrogens is 3. The second-order valence-corrected chi connectivity index (χ2v) is 10.5. The van der Waals surface area contributed by atoms with E-state index in [0.717, 1.165) is 16.9 Å². The Kier molecular flexibility index (Phi) is 8.70. The second-order valence-electron chi connectivity index (χ2n) is 7.90. The predicted octanol–water partition coefficient (Wildman–Crippen LogP) is 5.56. The Bertz CT molecular complexity index is 1380. The highest BCUT2D eigenvalue weighted by atomic mass is 127. The van der Waals surface area contributed by atoms with Gasteiger partial charge in [0.05, 0.1) is 18.0 Å². The lowest BCUT2D eigenvalue weighted by Gasteiger charge is -2.14. The van der Waals surface area contributed by atoms with Crippen molar-refractivity contribution in [2.24, 2.45) is 5.10 Å². The van der Waals surface area contributed by atoms with Crippen LogP contribution in [0.15, 0.2) is 83.1 Å². The third kappa shape index (κ3) is 6.49. The van der Waals surface area contributed by atoms with Crippen molar-refractivity contribution in [3.8, 4) is 5.69 Å². The largest absolute Gasteiger partial charge is 0.378 e. The Hall–Kier alpha value is -3.25. The number of rotatable bonds is 9. The number of aryl methyl sites for hydroxylation is 1. The number of halogens is 2. The van der Waals surface area contributed by atoms with Crippen LogP contribution in [-0.2, 0) is 11.3 Å². The number of nitrogens with one attached hydrogen (secondary N) is 2. The monoisotopic (exact) mass is 614 g/mol. The molecule has 0 saturated heterocycles. The number of nitrogens with zero attached hydrogens (tertiary/aromatic N) is 4. The first-order valence-electron chi connectivity index (χ1n) is 11.2. The first-order chi connectivity index (χ1) is 17.4. The summed E-state index contributed by atoms with van der Waals surface area (Å²) < 4.78 is 16.9. The summed E-state index contributed by atoms with van der Waals surface area (Å²) in [7, 11) is 0. The minimum absolute atomic E-state index is 0.294. The average molecular weight is 614 g/mol. The molecule has 0 aliphatic heterocycles. The lowest BCUT2D eigenvalue weighted by atomic mass is 10.2. The maximum atomic E-state index is 13.7. The van der Waals surface area contributed by atoms with E-state index in [9.17, 15) is 9.18 Å². The van der Waals surface area contributed by atoms with Gasteiger partial charge in [-0.2, -0.15) is 5.10 Å². The minimum Gasteiger partial charge on any atom is -0.378 e. The fourth-order valence-electron chi connectivity index (χ4n) is 3.38. The van der Waals surface area contributed by atoms with Gasteiger partial charge in [-0.3, -0.25) is 9.36 Å². The first-order valence-corrected chi connectivity index (χ1v) is 13.1. The highest BCUT2D eigenvalue weighted by molar-refractivity contribution is 14.1. The van der Waals surface area contributed by atoms with Crippen molar-refractivity contribution in [3.05, 3.63) is 99.1 Å². The molecule has 10 heteroatoms. The lowest BCUT2D eigenvalue weighted by Crippen LogP contribution is -2.27. The van der Waals surface area contributed by atoms with Gasteiger partial charge < -0.3 is 5.32 Å². The highest BCUT2D eigenvalue weighted by Crippen LogP contribution is 2.27. The number of anilines is 1. The molecule has 184 valence electrons. The number of thioether (sulfide) groups is 1. The molecule has 0 spiro atoms. The number of carbonyl (C=O) groups is 1. The van der Waals surface area contributed by atoms with Crippen LogP contribution in [0.3, 0.4) is 0 Å². The van der Waals surface area contributed by atoms with Gasteiger partial charge in [-0.15, -0.1) is 10.2 Å². The number of para-hydroxylation sites is 1. The quantitative estimate of drug-likeness (QED) is 0.112. The zero-order valence-electron chi connectivity index (χ0n) is 19.7. The number of amides is 1. The summed E-state index contributed by atoms with van der Waals surface area (Å²) in [5.74, 6) is -0.0216. The molecule has 2 N–H and O–H groups in total. The third-order valence-electron chi connectivity index (χ3n) is 5.28. The van der Waals surface area contributed by atoms with Crippen LogP contribution >= 0.6 is 34.4 Å². The molecule has 4 rings (SSSR count). The molecule has 4 aromatic rings. The molecule has 3 aromatic carbocycles. The summed E-state index contributed by atoms with van der Waals surface area (Å²) in [4.78, 5) is 12.6. The summed E-state index contributed by atoms with van der Waals surface area (Å²) in [6.07, 6.45) is 1.29. The lowest BCUT2D eigenvalue weighted by molar-refractivity contribution is -0.120. The van der Waals surface area contributed by atoms with Crippen molar-refractivity contribution in [2.45, 2.75) is 30.8 Å². The van der Waals surface area contributed by atoms with Gasteiger partial charge >= 0.3 is 0 Å². The normalized spacial score (nSPS) is 12.0. The highest BCUT2D eigenvalue weighted by Gasteiger charge is 2.21. The molecule has 0 unspecified atom stereocenters. The van der Waals surface area contributed by atoms with Crippen LogP contribution < -0.4 is 10.7 Å². The summed E-state index contributed by atoms with van der Waals surface area (Å²) in [5, 5.41) is 16.2. The maximum Gasteiger partial charge on any atom is 0.253 e. The molecular formula is C26H24FIN6OS. The second kappa shape index (κ2) is 12.1. The molecule has 1 aromatic heterocycles. The molecule has 1 heterocycles. The van der Waals surface area contributed by atoms with Gasteiger partial charge in [-0.25, -0.2) is 9.82 Å². The standard InChI is InChI=1S/C26H24FIN6OS/c1-17-14-20(28)12-13-23(17)29-16-24-31-33-26(34(24)21-9-4-3-5-10-21)36-18(2)25(35)32-30-15-19-8-6-7-11-22(19)27/h3-15,18,29H,16H2,1-2H3,(H,32,35)/b30-15-/t18-/m1/s1. The SMILES string of the molecule is Cc1cc(I)ccc1NCc1nnc(S[C@H](C)C(=O)N/N=C\c2ccccc2F)n1-c1ccccc1. The number of benzene rings is 3. The minimum atomic E-state index is -0.520. The van der Waals surface area contributed by atoms with Crippen LogP contribution in [-0.4, -0.2) is 32.1 Å². The van der Waals surface area contributed by atoms with Gasteiger partial charge in [-0.1, -0.05) is 48.2 Å². The molecule has 7 nitrogen and oxygen atoms in total. The van der Waals surface area contributed by atoms with Crippen molar-refractivity contribution in [3.63, 3.8) is 0 Å². The van der Waals surface area contributed by atoms with Gasteiger partial charge in [0.25, 0.3) is 5.91 Å². The van der Waals surface area contributed by atoms with Crippen LogP contribution in [0.25, 0.3) is 5.69 Å². The Morgan fingerprint density at radius 3 is 2.64 bits per heavy atom. The van der Waals surface area contributed by atoms with E-state index < -0.39 is 11.1 Å². The third-order valence-corrected chi connectivity index (χ3v) is 6.99. The van der Waals surface area contributed by atoms with E-state index in [0.29, 0.717) is 23.1 Å². The molecular weight excluding hydrogens is 590 g/mol. The van der Waals surface area contributed by atoms with Gasteiger partial charge in [0.1, 0.15) is 5.82 Å². The van der Waals surface area contributed by atoms with Gasteiger partial charge in [0.2, 0.25) is 0 Å². The summed E-state index contributed by atoms with van der Waals surface area (Å²) in [5.41, 5.74) is 5.83. The fourth-order valence-corrected chi connectivity index (χ4v) is 4.90.